The van der Waals surface area contributed by atoms with Crippen LogP contribution in [-0.4, -0.2) is 13.1 Å². The predicted molar refractivity (Wildman–Crippen MR) is 92.5 cm³/mol. The number of nitroso groups, excluding NO2 is 1. The number of benzene rings is 2. The van der Waals surface area contributed by atoms with Gasteiger partial charge in [-0.25, -0.2) is 0 Å². The lowest BCUT2D eigenvalue weighted by Gasteiger charge is -2.05. The Morgan fingerprint density at radius 1 is 0.773 bits per heavy atom. The number of hydrogen-bond acceptors (Lipinski definition) is 3. The zero-order valence-electron chi connectivity index (χ0n) is 13.0. The van der Waals surface area contributed by atoms with Crippen LogP contribution in [0, 0.1) is 4.91 Å². The Morgan fingerprint density at radius 3 is 2.41 bits per heavy atom. The SMILES string of the molecule is O=Nc1cccc(CCNCCCCCc2ccccc2)c1. The molecule has 0 saturated carbocycles. The molecule has 0 bridgehead atoms. The first-order valence-electron chi connectivity index (χ1n) is 8.05. The summed E-state index contributed by atoms with van der Waals surface area (Å²) in [4.78, 5) is 10.5. The second-order valence-electron chi connectivity index (χ2n) is 5.56. The van der Waals surface area contributed by atoms with E-state index in [1.807, 2.05) is 18.2 Å². The molecule has 0 radical (unpaired) electrons. The van der Waals surface area contributed by atoms with Crippen LogP contribution in [0.3, 0.4) is 0 Å². The van der Waals surface area contributed by atoms with Gasteiger partial charge in [-0.3, -0.25) is 0 Å². The van der Waals surface area contributed by atoms with Gasteiger partial charge in [-0.15, -0.1) is 4.91 Å². The molecule has 0 aliphatic heterocycles. The second kappa shape index (κ2) is 9.85. The molecule has 0 heterocycles. The van der Waals surface area contributed by atoms with Crippen LogP contribution in [0.2, 0.25) is 0 Å². The molecule has 0 unspecified atom stereocenters. The molecule has 22 heavy (non-hydrogen) atoms. The smallest absolute Gasteiger partial charge is 0.108 e. The maximum Gasteiger partial charge on any atom is 0.108 e. The van der Waals surface area contributed by atoms with Crippen molar-refractivity contribution in [3.63, 3.8) is 0 Å². The first-order chi connectivity index (χ1) is 10.9. The number of rotatable bonds is 10. The summed E-state index contributed by atoms with van der Waals surface area (Å²) in [5, 5.41) is 6.43. The minimum atomic E-state index is 0.512. The summed E-state index contributed by atoms with van der Waals surface area (Å²) >= 11 is 0. The first-order valence-corrected chi connectivity index (χ1v) is 8.05. The van der Waals surface area contributed by atoms with Gasteiger partial charge in [0.15, 0.2) is 0 Å². The van der Waals surface area contributed by atoms with Crippen molar-refractivity contribution in [2.75, 3.05) is 13.1 Å². The lowest BCUT2D eigenvalue weighted by molar-refractivity contribution is 0.603. The van der Waals surface area contributed by atoms with Crippen molar-refractivity contribution in [1.29, 1.82) is 0 Å². The van der Waals surface area contributed by atoms with Gasteiger partial charge in [0.1, 0.15) is 5.69 Å². The van der Waals surface area contributed by atoms with Crippen LogP contribution >= 0.6 is 0 Å². The van der Waals surface area contributed by atoms with E-state index >= 15 is 0 Å². The monoisotopic (exact) mass is 296 g/mol. The van der Waals surface area contributed by atoms with Gasteiger partial charge in [0.2, 0.25) is 0 Å². The van der Waals surface area contributed by atoms with Crippen molar-refractivity contribution in [3.05, 3.63) is 70.6 Å². The fourth-order valence-electron chi connectivity index (χ4n) is 2.53. The van der Waals surface area contributed by atoms with Gasteiger partial charge in [-0.2, -0.15) is 0 Å². The molecule has 3 heteroatoms. The number of nitrogens with one attached hydrogen (secondary N) is 1. The van der Waals surface area contributed by atoms with E-state index in [4.69, 9.17) is 0 Å². The summed E-state index contributed by atoms with van der Waals surface area (Å²) in [5.74, 6) is 0. The minimum absolute atomic E-state index is 0.512. The first kappa shape index (κ1) is 16.4. The highest BCUT2D eigenvalue weighted by Crippen LogP contribution is 2.13. The van der Waals surface area contributed by atoms with E-state index in [9.17, 15) is 4.91 Å². The largest absolute Gasteiger partial charge is 0.316 e. The second-order valence-corrected chi connectivity index (χ2v) is 5.56. The van der Waals surface area contributed by atoms with Crippen molar-refractivity contribution < 1.29 is 0 Å². The van der Waals surface area contributed by atoms with Crippen LogP contribution < -0.4 is 5.32 Å². The highest BCUT2D eigenvalue weighted by atomic mass is 16.3. The van der Waals surface area contributed by atoms with Crippen molar-refractivity contribution >= 4 is 5.69 Å². The van der Waals surface area contributed by atoms with Crippen LogP contribution in [0.1, 0.15) is 30.4 Å². The molecular formula is C19H24N2O. The highest BCUT2D eigenvalue weighted by Gasteiger charge is 1.97. The number of unbranched alkanes of at least 4 members (excludes halogenated alkanes) is 2. The summed E-state index contributed by atoms with van der Waals surface area (Å²) in [6, 6.07) is 18.2. The maximum atomic E-state index is 10.5. The molecule has 3 nitrogen and oxygen atoms in total. The molecule has 1 N–H and O–H groups in total. The summed E-state index contributed by atoms with van der Waals surface area (Å²) < 4.78 is 0. The van der Waals surface area contributed by atoms with Gasteiger partial charge in [-0.1, -0.05) is 48.9 Å². The van der Waals surface area contributed by atoms with E-state index in [1.165, 1.54) is 31.2 Å². The number of nitrogens with zero attached hydrogens (tertiary/aromatic N) is 1. The molecular weight excluding hydrogens is 272 g/mol. The van der Waals surface area contributed by atoms with Crippen LogP contribution in [0.15, 0.2) is 59.8 Å². The highest BCUT2D eigenvalue weighted by molar-refractivity contribution is 5.39. The Morgan fingerprint density at radius 2 is 1.59 bits per heavy atom. The molecule has 2 rings (SSSR count). The molecule has 0 aliphatic carbocycles. The van der Waals surface area contributed by atoms with E-state index in [2.05, 4.69) is 40.8 Å². The molecule has 0 aromatic heterocycles. The fraction of sp³-hybridized carbons (Fsp3) is 0.368. The molecule has 0 atom stereocenters. The average molecular weight is 296 g/mol. The Balaban J connectivity index is 1.50. The Labute approximate surface area is 132 Å². The third kappa shape index (κ3) is 6.19. The van der Waals surface area contributed by atoms with Gasteiger partial charge >= 0.3 is 0 Å². The fourth-order valence-corrected chi connectivity index (χ4v) is 2.53. The number of hydrogen-bond donors (Lipinski definition) is 1. The van der Waals surface area contributed by atoms with E-state index in [0.717, 1.165) is 25.1 Å². The molecule has 0 fully saturated rings. The van der Waals surface area contributed by atoms with Gasteiger partial charge in [0.05, 0.1) is 0 Å². The standard InChI is InChI=1S/C19H24N2O/c22-21-19-12-7-11-18(16-19)13-15-20-14-6-2-5-10-17-8-3-1-4-9-17/h1,3-4,7-9,11-12,16,20H,2,5-6,10,13-15H2. The van der Waals surface area contributed by atoms with Crippen molar-refractivity contribution in [1.82, 2.24) is 5.32 Å². The summed E-state index contributed by atoms with van der Waals surface area (Å²) in [5.41, 5.74) is 3.10. The number of aryl methyl sites for hydroxylation is 1. The van der Waals surface area contributed by atoms with Crippen LogP contribution in [0.5, 0.6) is 0 Å². The lowest BCUT2D eigenvalue weighted by atomic mass is 10.1. The van der Waals surface area contributed by atoms with E-state index in [1.54, 1.807) is 6.07 Å². The lowest BCUT2D eigenvalue weighted by Crippen LogP contribution is -2.18. The molecule has 116 valence electrons. The molecule has 0 aliphatic rings. The van der Waals surface area contributed by atoms with Gasteiger partial charge < -0.3 is 5.32 Å². The normalized spacial score (nSPS) is 10.5. The average Bonchev–Trinajstić information content (AvgIpc) is 2.58. The van der Waals surface area contributed by atoms with Gasteiger partial charge in [0.25, 0.3) is 0 Å². The zero-order valence-corrected chi connectivity index (χ0v) is 13.0. The summed E-state index contributed by atoms with van der Waals surface area (Å²) in [7, 11) is 0. The van der Waals surface area contributed by atoms with Crippen LogP contribution in [-0.2, 0) is 12.8 Å². The molecule has 0 amide bonds. The van der Waals surface area contributed by atoms with Crippen molar-refractivity contribution in [3.8, 4) is 0 Å². The molecule has 2 aromatic carbocycles. The summed E-state index contributed by atoms with van der Waals surface area (Å²) in [6.45, 7) is 2.00. The van der Waals surface area contributed by atoms with E-state index < -0.39 is 0 Å². The topological polar surface area (TPSA) is 41.5 Å². The third-order valence-electron chi connectivity index (χ3n) is 3.77. The van der Waals surface area contributed by atoms with E-state index in [0.29, 0.717) is 5.69 Å². The molecule has 0 saturated heterocycles. The van der Waals surface area contributed by atoms with Crippen LogP contribution in [0.4, 0.5) is 5.69 Å². The van der Waals surface area contributed by atoms with Gasteiger partial charge in [-0.05, 0) is 67.2 Å². The summed E-state index contributed by atoms with van der Waals surface area (Å²) in [6.07, 6.45) is 5.83. The minimum Gasteiger partial charge on any atom is -0.316 e. The Kier molecular flexibility index (Phi) is 7.33. The third-order valence-corrected chi connectivity index (χ3v) is 3.77. The maximum absolute atomic E-state index is 10.5. The predicted octanol–water partition coefficient (Wildman–Crippen LogP) is 4.63. The van der Waals surface area contributed by atoms with Crippen molar-refractivity contribution in [2.24, 2.45) is 5.18 Å². The quantitative estimate of drug-likeness (QED) is 0.513. The Bertz CT molecular complexity index is 554. The zero-order chi connectivity index (χ0) is 15.5. The molecule has 2 aromatic rings. The van der Waals surface area contributed by atoms with Gasteiger partial charge in [0, 0.05) is 0 Å². The Hall–Kier alpha value is -2.00. The molecule has 0 spiro atoms. The van der Waals surface area contributed by atoms with Crippen LogP contribution in [0.25, 0.3) is 0 Å². The van der Waals surface area contributed by atoms with E-state index in [-0.39, 0.29) is 0 Å². The van der Waals surface area contributed by atoms with Crippen molar-refractivity contribution in [2.45, 2.75) is 32.1 Å².